The van der Waals surface area contributed by atoms with Crippen LogP contribution in [0, 0.1) is 21.4 Å². The lowest BCUT2D eigenvalue weighted by atomic mass is 9.72. The number of carbonyl (C=O) groups excluding carboxylic acids is 1. The predicted octanol–water partition coefficient (Wildman–Crippen LogP) is 8.72. The first-order chi connectivity index (χ1) is 18.6. The minimum atomic E-state index is -0.490. The van der Waals surface area contributed by atoms with E-state index in [1.807, 2.05) is 30.3 Å². The van der Waals surface area contributed by atoms with E-state index in [1.54, 1.807) is 41.8 Å². The molecule has 2 aromatic carbocycles. The third kappa shape index (κ3) is 5.82. The third-order valence-corrected chi connectivity index (χ3v) is 8.49. The van der Waals surface area contributed by atoms with Crippen molar-refractivity contribution in [3.63, 3.8) is 0 Å². The zero-order valence-electron chi connectivity index (χ0n) is 21.9. The molecule has 9 heteroatoms. The average Bonchev–Trinajstić information content (AvgIpc) is 3.51. The van der Waals surface area contributed by atoms with E-state index in [9.17, 15) is 14.9 Å². The minimum Gasteiger partial charge on any atom is -0.455 e. The molecule has 2 heterocycles. The fraction of sp³-hybridized carbons (Fsp3) is 0.267. The number of amides is 1. The van der Waals surface area contributed by atoms with Crippen LogP contribution in [0.5, 0.6) is 0 Å². The molecule has 0 saturated heterocycles. The lowest BCUT2D eigenvalue weighted by molar-refractivity contribution is -0.384. The van der Waals surface area contributed by atoms with Gasteiger partial charge in [0.1, 0.15) is 16.5 Å². The van der Waals surface area contributed by atoms with E-state index in [2.05, 4.69) is 26.1 Å². The number of halogens is 1. The second-order valence-corrected chi connectivity index (χ2v) is 12.2. The van der Waals surface area contributed by atoms with Gasteiger partial charge in [-0.15, -0.1) is 11.3 Å². The number of furan rings is 1. The van der Waals surface area contributed by atoms with Crippen molar-refractivity contribution in [1.29, 1.82) is 0 Å². The van der Waals surface area contributed by atoms with Gasteiger partial charge in [-0.25, -0.2) is 4.99 Å². The Kier molecular flexibility index (Phi) is 7.42. The summed E-state index contributed by atoms with van der Waals surface area (Å²) in [5, 5.41) is 15.4. The number of benzene rings is 2. The van der Waals surface area contributed by atoms with Crippen LogP contribution >= 0.6 is 22.9 Å². The topological polar surface area (TPSA) is 97.7 Å². The first-order valence-electron chi connectivity index (χ1n) is 12.7. The van der Waals surface area contributed by atoms with Crippen molar-refractivity contribution >= 4 is 51.4 Å². The number of nitrogens with one attached hydrogen (secondary N) is 1. The molecule has 4 aromatic rings. The Morgan fingerprint density at radius 2 is 1.95 bits per heavy atom. The van der Waals surface area contributed by atoms with Crippen molar-refractivity contribution < 1.29 is 14.1 Å². The zero-order chi connectivity index (χ0) is 27.7. The highest BCUT2D eigenvalue weighted by molar-refractivity contribution is 7.16. The second-order valence-electron chi connectivity index (χ2n) is 10.7. The van der Waals surface area contributed by atoms with Crippen LogP contribution < -0.4 is 5.32 Å². The number of fused-ring (bicyclic) bond motifs is 1. The van der Waals surface area contributed by atoms with Crippen molar-refractivity contribution in [2.45, 2.75) is 40.0 Å². The van der Waals surface area contributed by atoms with Crippen LogP contribution in [-0.2, 0) is 12.8 Å². The molecule has 1 aliphatic rings. The molecule has 0 aliphatic heterocycles. The molecule has 0 saturated carbocycles. The number of anilines is 1. The lowest BCUT2D eigenvalue weighted by Gasteiger charge is -2.33. The van der Waals surface area contributed by atoms with E-state index in [0.717, 1.165) is 30.5 Å². The first kappa shape index (κ1) is 26.8. The lowest BCUT2D eigenvalue weighted by Crippen LogP contribution is -2.27. The normalized spacial score (nSPS) is 15.3. The standard InChI is InChI=1S/C30H28ClN3O4S/c1-30(2,3)18-9-12-23-26(15-18)39-29(27(23)28(35)33-20-7-5-4-6-8-20)32-17-21-11-14-25(38-21)22-13-10-19(31)16-24(22)34(36)37/h4-8,10-11,13-14,16-18H,9,12,15H2,1-3H3,(H,33,35)/t18-/m0/s1. The summed E-state index contributed by atoms with van der Waals surface area (Å²) in [4.78, 5) is 30.4. The maximum absolute atomic E-state index is 13.5. The molecular weight excluding hydrogens is 534 g/mol. The van der Waals surface area contributed by atoms with Crippen molar-refractivity contribution in [3.05, 3.63) is 97.6 Å². The van der Waals surface area contributed by atoms with Gasteiger partial charge in [-0.2, -0.15) is 0 Å². The molecular formula is C30H28ClN3O4S. The van der Waals surface area contributed by atoms with Crippen LogP contribution in [0.15, 0.2) is 70.1 Å². The number of nitro groups is 1. The maximum Gasteiger partial charge on any atom is 0.281 e. The summed E-state index contributed by atoms with van der Waals surface area (Å²) >= 11 is 7.50. The van der Waals surface area contributed by atoms with Gasteiger partial charge in [0.25, 0.3) is 11.6 Å². The number of hydrogen-bond acceptors (Lipinski definition) is 6. The monoisotopic (exact) mass is 561 g/mol. The van der Waals surface area contributed by atoms with Crippen molar-refractivity contribution in [3.8, 4) is 11.3 Å². The fourth-order valence-electron chi connectivity index (χ4n) is 4.90. The van der Waals surface area contributed by atoms with Crippen LogP contribution in [0.4, 0.5) is 16.4 Å². The maximum atomic E-state index is 13.5. The Bertz CT molecular complexity index is 1570. The molecule has 1 atom stereocenters. The van der Waals surface area contributed by atoms with Crippen LogP contribution in [0.1, 0.15) is 53.8 Å². The molecule has 1 amide bonds. The fourth-order valence-corrected chi connectivity index (χ4v) is 6.34. The molecule has 0 spiro atoms. The van der Waals surface area contributed by atoms with Gasteiger partial charge in [0, 0.05) is 21.7 Å². The van der Waals surface area contributed by atoms with Gasteiger partial charge in [0.2, 0.25) is 0 Å². The average molecular weight is 562 g/mol. The number of aliphatic imine (C=N–C) groups is 1. The number of nitrogens with zero attached hydrogens (tertiary/aromatic N) is 2. The van der Waals surface area contributed by atoms with Gasteiger partial charge >= 0.3 is 0 Å². The van der Waals surface area contributed by atoms with E-state index >= 15 is 0 Å². The van der Waals surface area contributed by atoms with E-state index in [1.165, 1.54) is 10.9 Å². The van der Waals surface area contributed by atoms with Crippen LogP contribution in [0.25, 0.3) is 11.3 Å². The molecule has 7 nitrogen and oxygen atoms in total. The summed E-state index contributed by atoms with van der Waals surface area (Å²) in [6, 6.07) is 17.2. The molecule has 0 radical (unpaired) electrons. The Hall–Kier alpha value is -3.75. The highest BCUT2D eigenvalue weighted by Crippen LogP contribution is 2.45. The van der Waals surface area contributed by atoms with Gasteiger partial charge in [-0.05, 0) is 72.6 Å². The number of thiophene rings is 1. The molecule has 39 heavy (non-hydrogen) atoms. The number of para-hydroxylation sites is 1. The zero-order valence-corrected chi connectivity index (χ0v) is 23.4. The highest BCUT2D eigenvalue weighted by Gasteiger charge is 2.33. The van der Waals surface area contributed by atoms with E-state index in [4.69, 9.17) is 21.0 Å². The molecule has 200 valence electrons. The largest absolute Gasteiger partial charge is 0.455 e. The van der Waals surface area contributed by atoms with Crippen LogP contribution in [0.3, 0.4) is 0 Å². The number of nitro benzene ring substituents is 1. The van der Waals surface area contributed by atoms with E-state index in [0.29, 0.717) is 33.6 Å². The van der Waals surface area contributed by atoms with Gasteiger partial charge in [-0.1, -0.05) is 50.6 Å². The van der Waals surface area contributed by atoms with E-state index in [-0.39, 0.29) is 22.0 Å². The molecule has 1 aliphatic carbocycles. The summed E-state index contributed by atoms with van der Waals surface area (Å²) in [6.07, 6.45) is 4.31. The smallest absolute Gasteiger partial charge is 0.281 e. The first-order valence-corrected chi connectivity index (χ1v) is 13.9. The molecule has 1 N–H and O–H groups in total. The summed E-state index contributed by atoms with van der Waals surface area (Å²) < 4.78 is 5.89. The Balaban J connectivity index is 1.48. The van der Waals surface area contributed by atoms with E-state index < -0.39 is 4.92 Å². The molecule has 2 aromatic heterocycles. The van der Waals surface area contributed by atoms with Crippen LogP contribution in [-0.4, -0.2) is 17.0 Å². The minimum absolute atomic E-state index is 0.139. The number of hydrogen-bond donors (Lipinski definition) is 1. The van der Waals surface area contributed by atoms with Crippen molar-refractivity contribution in [2.75, 3.05) is 5.32 Å². The molecule has 0 fully saturated rings. The summed E-state index contributed by atoms with van der Waals surface area (Å²) in [5.41, 5.74) is 2.75. The van der Waals surface area contributed by atoms with Crippen LogP contribution in [0.2, 0.25) is 5.02 Å². The van der Waals surface area contributed by atoms with Crippen molar-refractivity contribution in [1.82, 2.24) is 0 Å². The van der Waals surface area contributed by atoms with Gasteiger partial charge in [0.05, 0.1) is 22.3 Å². The molecule has 0 unspecified atom stereocenters. The predicted molar refractivity (Wildman–Crippen MR) is 157 cm³/mol. The summed E-state index contributed by atoms with van der Waals surface area (Å²) in [7, 11) is 0. The molecule has 0 bridgehead atoms. The number of carbonyl (C=O) groups is 1. The Labute approximate surface area is 235 Å². The third-order valence-electron chi connectivity index (χ3n) is 7.09. The Morgan fingerprint density at radius 3 is 2.67 bits per heavy atom. The number of rotatable bonds is 6. The Morgan fingerprint density at radius 1 is 1.18 bits per heavy atom. The SMILES string of the molecule is CC(C)(C)[C@H]1CCc2c(sc(N=Cc3ccc(-c4ccc(Cl)cc4[N+](=O)[O-])o3)c2C(=O)Nc2ccccc2)C1. The van der Waals surface area contributed by atoms with Gasteiger partial charge < -0.3 is 9.73 Å². The summed E-state index contributed by atoms with van der Waals surface area (Å²) in [5.74, 6) is 1.09. The second kappa shape index (κ2) is 10.8. The quantitative estimate of drug-likeness (QED) is 0.144. The van der Waals surface area contributed by atoms with Gasteiger partial charge in [0.15, 0.2) is 0 Å². The molecule has 5 rings (SSSR count). The summed E-state index contributed by atoms with van der Waals surface area (Å²) in [6.45, 7) is 6.79. The van der Waals surface area contributed by atoms with Crippen molar-refractivity contribution in [2.24, 2.45) is 16.3 Å². The van der Waals surface area contributed by atoms with Gasteiger partial charge in [-0.3, -0.25) is 14.9 Å². The highest BCUT2D eigenvalue weighted by atomic mass is 35.5.